The van der Waals surface area contributed by atoms with Crippen LogP contribution in [0.4, 0.5) is 8.78 Å². The van der Waals surface area contributed by atoms with Crippen LogP contribution in [-0.2, 0) is 13.2 Å². The second kappa shape index (κ2) is 8.41. The molecule has 0 aliphatic heterocycles. The highest BCUT2D eigenvalue weighted by atomic mass is 32.1. The van der Waals surface area contributed by atoms with Crippen LogP contribution >= 0.6 is 12.2 Å². The number of halogens is 2. The number of benzene rings is 2. The Bertz CT molecular complexity index is 973. The first-order chi connectivity index (χ1) is 12.9. The molecule has 0 bridgehead atoms. The van der Waals surface area contributed by atoms with E-state index in [4.69, 9.17) is 21.4 Å². The van der Waals surface area contributed by atoms with Gasteiger partial charge in [-0.1, -0.05) is 24.3 Å². The standard InChI is InChI=1S/C19H19F2N3O2S/c1-13(25-17-9-4-3-8-16(17)21)18-22-24(19(27)26-18)12-23(2)11-14-6-5-7-15(20)10-14/h3-10,13H,11-12H2,1-2H3/t13-/m1/s1. The summed E-state index contributed by atoms with van der Waals surface area (Å²) in [6.45, 7) is 2.57. The zero-order chi connectivity index (χ0) is 19.4. The van der Waals surface area contributed by atoms with Crippen molar-refractivity contribution in [2.75, 3.05) is 7.05 Å². The van der Waals surface area contributed by atoms with Crippen LogP contribution in [0.25, 0.3) is 0 Å². The van der Waals surface area contributed by atoms with E-state index in [9.17, 15) is 8.78 Å². The molecule has 0 N–H and O–H groups in total. The minimum Gasteiger partial charge on any atom is -0.478 e. The summed E-state index contributed by atoms with van der Waals surface area (Å²) < 4.78 is 39.6. The van der Waals surface area contributed by atoms with Gasteiger partial charge in [-0.2, -0.15) is 0 Å². The molecule has 0 radical (unpaired) electrons. The molecule has 0 aliphatic rings. The van der Waals surface area contributed by atoms with E-state index in [0.717, 1.165) is 5.56 Å². The van der Waals surface area contributed by atoms with E-state index >= 15 is 0 Å². The predicted octanol–water partition coefficient (Wildman–Crippen LogP) is 4.71. The minimum absolute atomic E-state index is 0.115. The molecule has 3 aromatic rings. The lowest BCUT2D eigenvalue weighted by molar-refractivity contribution is 0.179. The fourth-order valence-electron chi connectivity index (χ4n) is 2.58. The summed E-state index contributed by atoms with van der Waals surface area (Å²) in [7, 11) is 1.86. The van der Waals surface area contributed by atoms with Crippen molar-refractivity contribution in [2.45, 2.75) is 26.2 Å². The third-order valence-electron chi connectivity index (χ3n) is 3.83. The molecule has 0 unspecified atom stereocenters. The van der Waals surface area contributed by atoms with Crippen molar-refractivity contribution < 1.29 is 17.9 Å². The number of aromatic nitrogens is 2. The van der Waals surface area contributed by atoms with Crippen LogP contribution in [-0.4, -0.2) is 21.7 Å². The average Bonchev–Trinajstić information content (AvgIpc) is 2.97. The third-order valence-corrected chi connectivity index (χ3v) is 4.12. The summed E-state index contributed by atoms with van der Waals surface area (Å²) in [6, 6.07) is 12.5. The van der Waals surface area contributed by atoms with Crippen molar-refractivity contribution in [1.29, 1.82) is 0 Å². The Morgan fingerprint density at radius 1 is 1.22 bits per heavy atom. The quantitative estimate of drug-likeness (QED) is 0.546. The fraction of sp³-hybridized carbons (Fsp3) is 0.263. The number of rotatable bonds is 7. The van der Waals surface area contributed by atoms with Crippen LogP contribution in [0.3, 0.4) is 0 Å². The lowest BCUT2D eigenvalue weighted by atomic mass is 10.2. The van der Waals surface area contributed by atoms with Crippen LogP contribution < -0.4 is 4.74 Å². The zero-order valence-electron chi connectivity index (χ0n) is 14.9. The smallest absolute Gasteiger partial charge is 0.288 e. The van der Waals surface area contributed by atoms with E-state index < -0.39 is 11.9 Å². The maximum Gasteiger partial charge on any atom is 0.288 e. The van der Waals surface area contributed by atoms with Crippen LogP contribution in [0.2, 0.25) is 0 Å². The molecule has 142 valence electrons. The molecular formula is C19H19F2N3O2S. The van der Waals surface area contributed by atoms with Crippen molar-refractivity contribution in [1.82, 2.24) is 14.7 Å². The summed E-state index contributed by atoms with van der Waals surface area (Å²) in [4.78, 5) is 2.10. The molecule has 8 heteroatoms. The highest BCUT2D eigenvalue weighted by Gasteiger charge is 2.18. The van der Waals surface area contributed by atoms with Gasteiger partial charge < -0.3 is 9.15 Å². The van der Waals surface area contributed by atoms with Gasteiger partial charge in [0.2, 0.25) is 0 Å². The Labute approximate surface area is 160 Å². The van der Waals surface area contributed by atoms with Crippen molar-refractivity contribution in [2.24, 2.45) is 0 Å². The third kappa shape index (κ3) is 4.99. The molecule has 0 amide bonds. The van der Waals surface area contributed by atoms with Gasteiger partial charge in [0.05, 0.1) is 6.67 Å². The van der Waals surface area contributed by atoms with Gasteiger partial charge in [-0.15, -0.1) is 5.10 Å². The predicted molar refractivity (Wildman–Crippen MR) is 98.6 cm³/mol. The molecule has 0 saturated carbocycles. The minimum atomic E-state index is -0.613. The zero-order valence-corrected chi connectivity index (χ0v) is 15.7. The van der Waals surface area contributed by atoms with E-state index in [0.29, 0.717) is 13.2 Å². The van der Waals surface area contributed by atoms with Crippen molar-refractivity contribution >= 4 is 12.2 Å². The number of para-hydroxylation sites is 1. The number of hydrogen-bond acceptors (Lipinski definition) is 5. The van der Waals surface area contributed by atoms with Crippen LogP contribution in [0.5, 0.6) is 5.75 Å². The first-order valence-electron chi connectivity index (χ1n) is 8.34. The number of hydrogen-bond donors (Lipinski definition) is 0. The molecule has 0 spiro atoms. The van der Waals surface area contributed by atoms with Crippen molar-refractivity contribution in [3.8, 4) is 5.75 Å². The monoisotopic (exact) mass is 391 g/mol. The van der Waals surface area contributed by atoms with Crippen LogP contribution in [0.15, 0.2) is 52.9 Å². The van der Waals surface area contributed by atoms with Gasteiger partial charge in [0, 0.05) is 6.54 Å². The second-order valence-corrected chi connectivity index (χ2v) is 6.53. The molecule has 1 atom stereocenters. The van der Waals surface area contributed by atoms with E-state index in [1.165, 1.54) is 28.9 Å². The summed E-state index contributed by atoms with van der Waals surface area (Å²) >= 11 is 5.20. The van der Waals surface area contributed by atoms with E-state index in [2.05, 4.69) is 5.10 Å². The molecule has 27 heavy (non-hydrogen) atoms. The van der Waals surface area contributed by atoms with Gasteiger partial charge >= 0.3 is 0 Å². The van der Waals surface area contributed by atoms with Crippen molar-refractivity contribution in [3.05, 3.63) is 76.5 Å². The number of ether oxygens (including phenoxy) is 1. The molecule has 2 aromatic carbocycles. The first-order valence-corrected chi connectivity index (χ1v) is 8.75. The molecule has 1 aromatic heterocycles. The highest BCUT2D eigenvalue weighted by molar-refractivity contribution is 7.71. The summed E-state index contributed by atoms with van der Waals surface area (Å²) in [5, 5.41) is 4.32. The average molecular weight is 391 g/mol. The Morgan fingerprint density at radius 3 is 2.74 bits per heavy atom. The van der Waals surface area contributed by atoms with Crippen LogP contribution in [0.1, 0.15) is 24.5 Å². The van der Waals surface area contributed by atoms with Crippen molar-refractivity contribution in [3.63, 3.8) is 0 Å². The maximum atomic E-state index is 13.7. The fourth-order valence-corrected chi connectivity index (χ4v) is 2.77. The molecule has 0 saturated heterocycles. The van der Waals surface area contributed by atoms with Crippen LogP contribution in [0, 0.1) is 16.5 Å². The normalized spacial score (nSPS) is 12.3. The second-order valence-electron chi connectivity index (χ2n) is 6.18. The largest absolute Gasteiger partial charge is 0.478 e. The van der Waals surface area contributed by atoms with E-state index in [1.54, 1.807) is 25.1 Å². The lowest BCUT2D eigenvalue weighted by Crippen LogP contribution is -2.22. The van der Waals surface area contributed by atoms with Gasteiger partial charge in [0.25, 0.3) is 10.7 Å². The Hall–Kier alpha value is -2.58. The maximum absolute atomic E-state index is 13.7. The molecule has 1 heterocycles. The van der Waals surface area contributed by atoms with E-state index in [1.807, 2.05) is 18.0 Å². The lowest BCUT2D eigenvalue weighted by Gasteiger charge is -2.16. The SMILES string of the molecule is C[C@@H](Oc1ccccc1F)c1nn(CN(C)Cc2cccc(F)c2)c(=S)o1. The summed E-state index contributed by atoms with van der Waals surface area (Å²) in [5.74, 6) is -0.371. The Balaban J connectivity index is 1.67. The van der Waals surface area contributed by atoms with Gasteiger partial charge in [-0.3, -0.25) is 4.90 Å². The molecular weight excluding hydrogens is 372 g/mol. The highest BCUT2D eigenvalue weighted by Crippen LogP contribution is 2.23. The number of nitrogens with zero attached hydrogens (tertiary/aromatic N) is 3. The van der Waals surface area contributed by atoms with Gasteiger partial charge in [0.1, 0.15) is 5.82 Å². The summed E-state index contributed by atoms with van der Waals surface area (Å²) in [5.41, 5.74) is 0.837. The van der Waals surface area contributed by atoms with Gasteiger partial charge in [-0.05, 0) is 56.0 Å². The molecule has 0 aliphatic carbocycles. The van der Waals surface area contributed by atoms with Gasteiger partial charge in [0.15, 0.2) is 17.7 Å². The van der Waals surface area contributed by atoms with E-state index in [-0.39, 0.29) is 22.3 Å². The summed E-state index contributed by atoms with van der Waals surface area (Å²) in [6.07, 6.45) is -0.613. The Kier molecular flexibility index (Phi) is 5.98. The Morgan fingerprint density at radius 2 is 2.00 bits per heavy atom. The molecule has 5 nitrogen and oxygen atoms in total. The van der Waals surface area contributed by atoms with Gasteiger partial charge in [-0.25, -0.2) is 13.5 Å². The molecule has 3 rings (SSSR count). The first kappa shape index (κ1) is 19.2. The topological polar surface area (TPSA) is 43.4 Å². The molecule has 0 fully saturated rings.